The zero-order valence-electron chi connectivity index (χ0n) is 20.4. The Kier molecular flexibility index (Phi) is 9.07. The zero-order valence-corrected chi connectivity index (χ0v) is 21.2. The number of benzene rings is 2. The highest BCUT2D eigenvalue weighted by Crippen LogP contribution is 2.33. The molecular formula is C24H30O13S. The topological polar surface area (TPSA) is 221 Å². The molecule has 0 radical (unpaired) electrons. The van der Waals surface area contributed by atoms with Crippen LogP contribution in [-0.2, 0) is 32.8 Å². The van der Waals surface area contributed by atoms with Gasteiger partial charge in [0, 0.05) is 0 Å². The summed E-state index contributed by atoms with van der Waals surface area (Å²) in [4.78, 5) is 11.2. The average Bonchev–Trinajstić information content (AvgIpc) is 2.81. The minimum absolute atomic E-state index is 0.0764. The minimum atomic E-state index is -4.77. The summed E-state index contributed by atoms with van der Waals surface area (Å²) in [5.41, 5.74) is 1.44. The molecule has 2 aromatic carbocycles. The number of carboxylic acid groups (broad SMARTS) is 1. The molecule has 7 atom stereocenters. The molecule has 13 nitrogen and oxygen atoms in total. The van der Waals surface area contributed by atoms with Gasteiger partial charge in [0.25, 0.3) is 0 Å². The van der Waals surface area contributed by atoms with Crippen molar-refractivity contribution >= 4 is 16.4 Å². The van der Waals surface area contributed by atoms with Crippen LogP contribution in [0.15, 0.2) is 36.4 Å². The fourth-order valence-corrected chi connectivity index (χ4v) is 4.45. The van der Waals surface area contributed by atoms with Crippen molar-refractivity contribution in [3.05, 3.63) is 47.5 Å². The van der Waals surface area contributed by atoms with E-state index in [0.717, 1.165) is 5.56 Å². The van der Waals surface area contributed by atoms with Crippen LogP contribution in [0.1, 0.15) is 25.0 Å². The van der Waals surface area contributed by atoms with Gasteiger partial charge in [-0.15, -0.1) is 0 Å². The molecule has 3 rings (SSSR count). The van der Waals surface area contributed by atoms with Gasteiger partial charge in [-0.2, -0.15) is 8.42 Å². The lowest BCUT2D eigenvalue weighted by Crippen LogP contribution is -2.61. The number of aliphatic hydroxyl groups excluding tert-OH is 3. The van der Waals surface area contributed by atoms with Crippen LogP contribution in [-0.4, -0.2) is 80.3 Å². The van der Waals surface area contributed by atoms with Crippen molar-refractivity contribution in [3.63, 3.8) is 0 Å². The van der Waals surface area contributed by atoms with E-state index in [-0.39, 0.29) is 23.3 Å². The summed E-state index contributed by atoms with van der Waals surface area (Å²) in [6, 6.07) is 8.62. The molecular weight excluding hydrogens is 528 g/mol. The van der Waals surface area contributed by atoms with E-state index in [0.29, 0.717) is 18.4 Å². The van der Waals surface area contributed by atoms with Crippen LogP contribution >= 0.6 is 0 Å². The first-order valence-electron chi connectivity index (χ1n) is 11.6. The Morgan fingerprint density at radius 1 is 0.895 bits per heavy atom. The van der Waals surface area contributed by atoms with Gasteiger partial charge in [-0.25, -0.2) is 4.79 Å². The Labute approximate surface area is 218 Å². The summed E-state index contributed by atoms with van der Waals surface area (Å²) < 4.78 is 45.2. The number of ether oxygens (including phenoxy) is 2. The molecule has 210 valence electrons. The molecule has 1 fully saturated rings. The van der Waals surface area contributed by atoms with E-state index >= 15 is 0 Å². The van der Waals surface area contributed by atoms with Crippen molar-refractivity contribution in [2.45, 2.75) is 57.4 Å². The van der Waals surface area contributed by atoms with E-state index in [9.17, 15) is 38.7 Å². The maximum absolute atomic E-state index is 11.2. The van der Waals surface area contributed by atoms with Crippen molar-refractivity contribution in [1.82, 2.24) is 0 Å². The van der Waals surface area contributed by atoms with E-state index in [2.05, 4.69) is 4.18 Å². The lowest BCUT2D eigenvalue weighted by atomic mass is 9.85. The first-order chi connectivity index (χ1) is 17.7. The second-order valence-electron chi connectivity index (χ2n) is 9.33. The van der Waals surface area contributed by atoms with Gasteiger partial charge in [0.2, 0.25) is 6.29 Å². The molecule has 1 saturated heterocycles. The second kappa shape index (κ2) is 11.7. The Balaban J connectivity index is 1.62. The summed E-state index contributed by atoms with van der Waals surface area (Å²) in [6.45, 7) is 3.95. The van der Waals surface area contributed by atoms with Crippen LogP contribution < -0.4 is 8.92 Å². The van der Waals surface area contributed by atoms with Crippen molar-refractivity contribution < 1.29 is 62.1 Å². The van der Waals surface area contributed by atoms with Crippen molar-refractivity contribution in [1.29, 1.82) is 0 Å². The van der Waals surface area contributed by atoms with E-state index in [1.165, 1.54) is 24.3 Å². The largest absolute Gasteiger partial charge is 0.504 e. The van der Waals surface area contributed by atoms with E-state index in [1.807, 2.05) is 13.8 Å². The number of aliphatic carboxylic acids is 1. The molecule has 7 N–H and O–H groups in total. The van der Waals surface area contributed by atoms with Crippen molar-refractivity contribution in [2.24, 2.45) is 11.8 Å². The van der Waals surface area contributed by atoms with Gasteiger partial charge in [-0.05, 0) is 60.1 Å². The molecule has 2 unspecified atom stereocenters. The predicted octanol–water partition coefficient (Wildman–Crippen LogP) is 0.608. The molecule has 0 amide bonds. The third-order valence-corrected chi connectivity index (χ3v) is 6.77. The van der Waals surface area contributed by atoms with Gasteiger partial charge in [0.1, 0.15) is 18.3 Å². The smallest absolute Gasteiger partial charge is 0.446 e. The molecule has 1 heterocycles. The summed E-state index contributed by atoms with van der Waals surface area (Å²) in [5, 5.41) is 59.4. The summed E-state index contributed by atoms with van der Waals surface area (Å²) in [6.07, 6.45) is -7.93. The number of rotatable bonds is 10. The quantitative estimate of drug-likeness (QED) is 0.199. The summed E-state index contributed by atoms with van der Waals surface area (Å²) >= 11 is 0. The third-order valence-electron chi connectivity index (χ3n) is 6.38. The maximum atomic E-state index is 11.2. The number of hydrogen-bond donors (Lipinski definition) is 7. The molecule has 0 aliphatic carbocycles. The molecule has 14 heteroatoms. The van der Waals surface area contributed by atoms with Crippen LogP contribution in [0.25, 0.3) is 0 Å². The zero-order chi connectivity index (χ0) is 28.4. The van der Waals surface area contributed by atoms with E-state index in [1.54, 1.807) is 12.1 Å². The Hall–Kier alpha value is -3.14. The minimum Gasteiger partial charge on any atom is -0.504 e. The molecule has 0 aromatic heterocycles. The first kappa shape index (κ1) is 29.4. The Morgan fingerprint density at radius 3 is 1.84 bits per heavy atom. The standard InChI is InChI=1S/C24H30O13S/c1-11(12(2)8-14-4-6-18(16(26)10-14)37-38(32,33)34)7-13-3-5-17(15(25)9-13)35-24-21(29)19(27)20(28)22(36-24)23(30)31/h3-6,9-12,19-22,24-29H,7-8H2,1-2H3,(H,30,31)(H,32,33,34)/t11?,12?,19-,20-,21+,22-,24+/m0/s1. The molecule has 2 aromatic rings. The van der Waals surface area contributed by atoms with Gasteiger partial charge in [0.15, 0.2) is 29.1 Å². The molecule has 38 heavy (non-hydrogen) atoms. The van der Waals surface area contributed by atoms with Crippen LogP contribution in [0, 0.1) is 11.8 Å². The Morgan fingerprint density at radius 2 is 1.39 bits per heavy atom. The summed E-state index contributed by atoms with van der Waals surface area (Å²) in [7, 11) is -4.77. The maximum Gasteiger partial charge on any atom is 0.446 e. The average molecular weight is 559 g/mol. The number of hydrogen-bond acceptors (Lipinski definition) is 11. The van der Waals surface area contributed by atoms with Gasteiger partial charge in [0.05, 0.1) is 0 Å². The first-order valence-corrected chi connectivity index (χ1v) is 12.9. The van der Waals surface area contributed by atoms with Gasteiger partial charge < -0.3 is 44.3 Å². The molecule has 0 spiro atoms. The molecule has 1 aliphatic heterocycles. The van der Waals surface area contributed by atoms with Crippen LogP contribution in [0.5, 0.6) is 23.0 Å². The van der Waals surface area contributed by atoms with E-state index in [4.69, 9.17) is 19.1 Å². The van der Waals surface area contributed by atoms with Gasteiger partial charge in [-0.3, -0.25) is 4.55 Å². The number of phenolic OH excluding ortho intramolecular Hbond substituents is 2. The second-order valence-corrected chi connectivity index (χ2v) is 10.4. The molecule has 0 bridgehead atoms. The SMILES string of the molecule is CC(Cc1ccc(O[C@@H]2O[C@H](C(=O)O)[C@@H](O)[C@H](O)[C@H]2O)c(O)c1)C(C)Cc1ccc(OS(=O)(=O)O)c(O)c1. The number of phenols is 2. The number of carboxylic acids is 1. The third kappa shape index (κ3) is 7.24. The lowest BCUT2D eigenvalue weighted by molar-refractivity contribution is -0.271. The lowest BCUT2D eigenvalue weighted by Gasteiger charge is -2.38. The number of carbonyl (C=O) groups is 1. The number of aromatic hydroxyl groups is 2. The highest BCUT2D eigenvalue weighted by Gasteiger charge is 2.48. The molecule has 1 aliphatic rings. The molecule has 0 saturated carbocycles. The van der Waals surface area contributed by atoms with Crippen LogP contribution in [0.2, 0.25) is 0 Å². The van der Waals surface area contributed by atoms with E-state index < -0.39 is 58.6 Å². The highest BCUT2D eigenvalue weighted by atomic mass is 32.3. The van der Waals surface area contributed by atoms with Crippen LogP contribution in [0.3, 0.4) is 0 Å². The van der Waals surface area contributed by atoms with Gasteiger partial charge in [-0.1, -0.05) is 26.0 Å². The summed E-state index contributed by atoms with van der Waals surface area (Å²) in [5.74, 6) is -2.69. The van der Waals surface area contributed by atoms with Crippen molar-refractivity contribution in [2.75, 3.05) is 0 Å². The predicted molar refractivity (Wildman–Crippen MR) is 129 cm³/mol. The van der Waals surface area contributed by atoms with Crippen molar-refractivity contribution in [3.8, 4) is 23.0 Å². The number of aliphatic hydroxyl groups is 3. The normalized spacial score (nSPS) is 25.4. The Bertz CT molecular complexity index is 1250. The highest BCUT2D eigenvalue weighted by molar-refractivity contribution is 7.81. The monoisotopic (exact) mass is 558 g/mol. The fourth-order valence-electron chi connectivity index (χ4n) is 4.08. The van der Waals surface area contributed by atoms with Crippen LogP contribution in [0.4, 0.5) is 0 Å². The van der Waals surface area contributed by atoms with Gasteiger partial charge >= 0.3 is 16.4 Å². The fraction of sp³-hybridized carbons (Fsp3) is 0.458.